The van der Waals surface area contributed by atoms with Gasteiger partial charge in [0.05, 0.1) is 13.2 Å². The Kier molecular flexibility index (Phi) is 10.3. The lowest BCUT2D eigenvalue weighted by molar-refractivity contribution is 0.000225. The predicted molar refractivity (Wildman–Crippen MR) is 251 cm³/mol. The summed E-state index contributed by atoms with van der Waals surface area (Å²) in [6, 6.07) is 32.0. The van der Waals surface area contributed by atoms with Gasteiger partial charge in [-0.3, -0.25) is 9.59 Å². The lowest BCUT2D eigenvalue weighted by atomic mass is 9.77. The molecule has 0 spiro atoms. The van der Waals surface area contributed by atoms with Gasteiger partial charge in [0, 0.05) is 81.8 Å². The smallest absolute Gasteiger partial charge is 0.251 e. The number of carbonyl (C=O) groups excluding carboxylic acids is 2. The van der Waals surface area contributed by atoms with Crippen molar-refractivity contribution in [3.8, 4) is 0 Å². The van der Waals surface area contributed by atoms with Gasteiger partial charge in [0.1, 0.15) is 22.7 Å². The monoisotopic (exact) mass is 866 g/mol. The van der Waals surface area contributed by atoms with Gasteiger partial charge in [-0.2, -0.15) is 0 Å². The Hall–Kier alpha value is -5.40. The normalized spacial score (nSPS) is 21.9. The maximum Gasteiger partial charge on any atom is 0.251 e. The first-order valence-corrected chi connectivity index (χ1v) is 23.8. The van der Waals surface area contributed by atoms with Gasteiger partial charge in [0.15, 0.2) is 11.4 Å². The number of para-hydroxylation sites is 2. The molecule has 10 nitrogen and oxygen atoms in total. The van der Waals surface area contributed by atoms with Crippen molar-refractivity contribution < 1.29 is 27.9 Å². The molecule has 2 saturated heterocycles. The van der Waals surface area contributed by atoms with Gasteiger partial charge in [-0.25, -0.2) is 0 Å². The second-order valence-corrected chi connectivity index (χ2v) is 20.0. The Morgan fingerprint density at radius 2 is 1.05 bits per heavy atom. The Labute approximate surface area is 369 Å². The maximum atomic E-state index is 13.4. The minimum Gasteiger partial charge on any atom is -0.457 e. The topological polar surface area (TPSA) is 109 Å². The van der Waals surface area contributed by atoms with E-state index in [4.69, 9.17) is 18.3 Å². The number of anilines is 2. The van der Waals surface area contributed by atoms with Crippen molar-refractivity contribution in [2.45, 2.75) is 50.0 Å². The standard InChI is InChI=1S/C50H50N4O6S2/c1-47(2)39-31-35(13-15-41(39)53-23-25-57-49(47,53)19-17-37-29-33-9-5-7-11-43(33)59-37)45(55)51-21-27-61-62-28-22-52-46(56)36-14-16-42-40(32-36)48(3,4)50(54(42)24-26-58-50)20-18-38-30-34-10-6-8-12-44(34)60-38/h5-20,29-32H,21-28H2,1-4H3,(H,51,55)(H,52,56)/b19-17+,20-18+. The van der Waals surface area contributed by atoms with Gasteiger partial charge >= 0.3 is 0 Å². The van der Waals surface area contributed by atoms with E-state index in [9.17, 15) is 9.59 Å². The molecule has 4 aliphatic heterocycles. The second kappa shape index (κ2) is 15.7. The number of carbonyl (C=O) groups is 2. The number of benzene rings is 4. The number of fused-ring (bicyclic) bond motifs is 8. The van der Waals surface area contributed by atoms with Crippen molar-refractivity contribution in [2.75, 3.05) is 60.7 Å². The number of rotatable bonds is 13. The Balaban J connectivity index is 0.699. The number of ether oxygens (including phenoxy) is 2. The Bertz CT molecular complexity index is 2520. The average molecular weight is 867 g/mol. The average Bonchev–Trinajstić information content (AvgIpc) is 4.12. The molecule has 4 aliphatic rings. The molecule has 0 aliphatic carbocycles. The van der Waals surface area contributed by atoms with Crippen LogP contribution in [-0.2, 0) is 20.3 Å². The van der Waals surface area contributed by atoms with Gasteiger partial charge in [-0.15, -0.1) is 0 Å². The van der Waals surface area contributed by atoms with Crippen molar-refractivity contribution >= 4 is 78.9 Å². The van der Waals surface area contributed by atoms with Gasteiger partial charge in [-0.05, 0) is 96.1 Å². The van der Waals surface area contributed by atoms with Crippen LogP contribution < -0.4 is 20.4 Å². The zero-order chi connectivity index (χ0) is 42.7. The van der Waals surface area contributed by atoms with E-state index < -0.39 is 22.3 Å². The van der Waals surface area contributed by atoms with Gasteiger partial charge in [0.2, 0.25) is 0 Å². The molecule has 10 rings (SSSR count). The molecule has 2 amide bonds. The molecule has 4 aromatic carbocycles. The highest BCUT2D eigenvalue weighted by atomic mass is 33.1. The molecular formula is C50H50N4O6S2. The summed E-state index contributed by atoms with van der Waals surface area (Å²) in [5.41, 5.74) is 5.06. The van der Waals surface area contributed by atoms with Crippen LogP contribution in [0.3, 0.4) is 0 Å². The van der Waals surface area contributed by atoms with Crippen LogP contribution in [0.25, 0.3) is 34.1 Å². The molecule has 12 heteroatoms. The van der Waals surface area contributed by atoms with E-state index in [1.54, 1.807) is 21.6 Å². The lowest BCUT2D eigenvalue weighted by Gasteiger charge is -2.39. The quantitative estimate of drug-likeness (QED) is 0.0861. The SMILES string of the molecule is CC1(C)c2cc(C(=O)NCCSSCCNC(=O)c3ccc4c(c3)C(C)(C)C3(/C=C/c5cc6ccccc6o5)OCCN43)ccc2N2CCOC21/C=C/c1cc2ccccc2o1. The van der Waals surface area contributed by atoms with Gasteiger partial charge in [0.25, 0.3) is 11.8 Å². The molecule has 0 radical (unpaired) electrons. The molecular weight excluding hydrogens is 817 g/mol. The zero-order valence-corrected chi connectivity index (χ0v) is 37.0. The Morgan fingerprint density at radius 3 is 1.48 bits per heavy atom. The minimum absolute atomic E-state index is 0.0982. The summed E-state index contributed by atoms with van der Waals surface area (Å²) in [6.45, 7) is 12.5. The summed E-state index contributed by atoms with van der Waals surface area (Å²) >= 11 is 0. The number of furan rings is 2. The molecule has 6 aromatic rings. The van der Waals surface area contributed by atoms with Crippen molar-refractivity contribution in [2.24, 2.45) is 0 Å². The van der Waals surface area contributed by atoms with Gasteiger partial charge < -0.3 is 38.7 Å². The highest BCUT2D eigenvalue weighted by molar-refractivity contribution is 8.76. The van der Waals surface area contributed by atoms with Crippen LogP contribution in [0.15, 0.2) is 118 Å². The summed E-state index contributed by atoms with van der Waals surface area (Å²) in [4.78, 5) is 31.4. The number of hydrogen-bond acceptors (Lipinski definition) is 10. The molecule has 2 aromatic heterocycles. The third-order valence-electron chi connectivity index (χ3n) is 13.2. The van der Waals surface area contributed by atoms with Crippen molar-refractivity contribution in [3.05, 3.63) is 143 Å². The van der Waals surface area contributed by atoms with E-state index in [1.165, 1.54) is 0 Å². The molecule has 2 fully saturated rings. The third-order valence-corrected chi connectivity index (χ3v) is 15.6. The number of amides is 2. The second-order valence-electron chi connectivity index (χ2n) is 17.3. The van der Waals surface area contributed by atoms with Crippen LogP contribution >= 0.6 is 21.6 Å². The van der Waals surface area contributed by atoms with Crippen LogP contribution in [0.1, 0.15) is 71.1 Å². The molecule has 62 heavy (non-hydrogen) atoms. The fourth-order valence-electron chi connectivity index (χ4n) is 9.91. The molecule has 0 bridgehead atoms. The van der Waals surface area contributed by atoms with E-state index in [1.807, 2.05) is 97.1 Å². The Morgan fingerprint density at radius 1 is 0.613 bits per heavy atom. The van der Waals surface area contributed by atoms with Crippen LogP contribution in [-0.4, -0.2) is 74.2 Å². The summed E-state index contributed by atoms with van der Waals surface area (Å²) in [5.74, 6) is 2.83. The van der Waals surface area contributed by atoms with Crippen molar-refractivity contribution in [1.29, 1.82) is 0 Å². The maximum absolute atomic E-state index is 13.4. The third kappa shape index (κ3) is 6.65. The number of nitrogens with zero attached hydrogens (tertiary/aromatic N) is 2. The van der Waals surface area contributed by atoms with Crippen LogP contribution in [0.4, 0.5) is 11.4 Å². The highest BCUT2D eigenvalue weighted by Crippen LogP contribution is 2.57. The summed E-state index contributed by atoms with van der Waals surface area (Å²) in [7, 11) is 3.36. The van der Waals surface area contributed by atoms with Crippen LogP contribution in [0, 0.1) is 0 Å². The largest absolute Gasteiger partial charge is 0.457 e. The first kappa shape index (κ1) is 40.7. The zero-order valence-electron chi connectivity index (χ0n) is 35.4. The molecule has 2 N–H and O–H groups in total. The van der Waals surface area contributed by atoms with E-state index >= 15 is 0 Å². The summed E-state index contributed by atoms with van der Waals surface area (Å²) < 4.78 is 25.2. The molecule has 2 atom stereocenters. The van der Waals surface area contributed by atoms with E-state index in [0.717, 1.165) is 80.6 Å². The minimum atomic E-state index is -0.694. The van der Waals surface area contributed by atoms with E-state index in [-0.39, 0.29) is 11.8 Å². The van der Waals surface area contributed by atoms with Crippen LogP contribution in [0.2, 0.25) is 0 Å². The van der Waals surface area contributed by atoms with Gasteiger partial charge in [-0.1, -0.05) is 85.7 Å². The predicted octanol–water partition coefficient (Wildman–Crippen LogP) is 9.80. The summed E-state index contributed by atoms with van der Waals surface area (Å²) in [6.07, 6.45) is 8.25. The van der Waals surface area contributed by atoms with E-state index in [2.05, 4.69) is 72.4 Å². The first-order chi connectivity index (χ1) is 30.0. The van der Waals surface area contributed by atoms with Crippen molar-refractivity contribution in [1.82, 2.24) is 10.6 Å². The summed E-state index contributed by atoms with van der Waals surface area (Å²) in [5, 5.41) is 8.32. The first-order valence-electron chi connectivity index (χ1n) is 21.3. The fourth-order valence-corrected chi connectivity index (χ4v) is 11.7. The van der Waals surface area contributed by atoms with Crippen molar-refractivity contribution in [3.63, 3.8) is 0 Å². The molecule has 6 heterocycles. The fraction of sp³-hybridized carbons (Fsp3) is 0.320. The molecule has 0 saturated carbocycles. The van der Waals surface area contributed by atoms with E-state index in [0.29, 0.717) is 37.4 Å². The highest BCUT2D eigenvalue weighted by Gasteiger charge is 2.60. The molecule has 2 unspecified atom stereocenters. The number of hydrogen-bond donors (Lipinski definition) is 2. The van der Waals surface area contributed by atoms with Crippen LogP contribution in [0.5, 0.6) is 0 Å². The number of nitrogens with one attached hydrogen (secondary N) is 2. The lowest BCUT2D eigenvalue weighted by Crippen LogP contribution is -2.51. The molecule has 318 valence electrons.